The van der Waals surface area contributed by atoms with Crippen molar-refractivity contribution in [3.63, 3.8) is 0 Å². The van der Waals surface area contributed by atoms with Crippen molar-refractivity contribution in [3.8, 4) is 0 Å². The highest BCUT2D eigenvalue weighted by molar-refractivity contribution is 5.94. The molecule has 1 aromatic rings. The van der Waals surface area contributed by atoms with E-state index in [4.69, 9.17) is 35.2 Å². The molecule has 6 amide bonds. The summed E-state index contributed by atoms with van der Waals surface area (Å²) in [5.41, 5.74) is 15.7. The number of amides is 6. The smallest absolute Gasteiger partial charge is 0.331 e. The Morgan fingerprint density at radius 1 is 0.765 bits per heavy atom. The minimum atomic E-state index is -1.58. The minimum Gasteiger partial charge on any atom is -0.459 e. The van der Waals surface area contributed by atoms with Crippen molar-refractivity contribution >= 4 is 35.6 Å². The number of esters is 1. The molecule has 0 saturated heterocycles. The predicted octanol–water partition coefficient (Wildman–Crippen LogP) is -0.712. The number of rotatable bonds is 27. The van der Waals surface area contributed by atoms with E-state index in [1.165, 1.54) is 0 Å². The molecule has 9 N–H and O–H groups in total. The summed E-state index contributed by atoms with van der Waals surface area (Å²) < 4.78 is 27.1. The number of hydrogen-bond acceptors (Lipinski definition) is 12. The van der Waals surface area contributed by atoms with Gasteiger partial charge in [-0.2, -0.15) is 0 Å². The van der Waals surface area contributed by atoms with E-state index in [0.29, 0.717) is 39.2 Å². The van der Waals surface area contributed by atoms with Crippen molar-refractivity contribution in [1.29, 1.82) is 0 Å². The number of carbonyl (C=O) groups is 6. The fourth-order valence-electron chi connectivity index (χ4n) is 4.08. The van der Waals surface area contributed by atoms with Gasteiger partial charge in [0.25, 0.3) is 11.8 Å². The first-order valence-corrected chi connectivity index (χ1v) is 17.0. The maximum atomic E-state index is 13.1. The first-order valence-electron chi connectivity index (χ1n) is 17.0. The summed E-state index contributed by atoms with van der Waals surface area (Å²) in [7, 11) is 0. The molecule has 288 valence electrons. The molecule has 1 unspecified atom stereocenters. The van der Waals surface area contributed by atoms with Crippen LogP contribution < -0.4 is 38.3 Å². The van der Waals surface area contributed by atoms with Crippen molar-refractivity contribution in [2.45, 2.75) is 83.7 Å². The maximum Gasteiger partial charge on any atom is 0.331 e. The maximum absolute atomic E-state index is 13.1. The van der Waals surface area contributed by atoms with Gasteiger partial charge in [-0.25, -0.2) is 9.59 Å². The van der Waals surface area contributed by atoms with Crippen LogP contribution >= 0.6 is 0 Å². The molecule has 0 fully saturated rings. The zero-order valence-electron chi connectivity index (χ0n) is 29.7. The number of nitrogens with one attached hydrogen (secondary N) is 5. The topological polar surface area (TPSA) is 261 Å². The molecular formula is C33H55N7O11. The van der Waals surface area contributed by atoms with Gasteiger partial charge in [0.1, 0.15) is 25.3 Å². The van der Waals surface area contributed by atoms with Crippen LogP contribution in [0.5, 0.6) is 0 Å². The van der Waals surface area contributed by atoms with E-state index in [0.717, 1.165) is 18.4 Å². The lowest BCUT2D eigenvalue weighted by molar-refractivity contribution is -0.151. The average Bonchev–Trinajstić information content (AvgIpc) is 3.11. The van der Waals surface area contributed by atoms with Crippen LogP contribution in [-0.2, 0) is 54.3 Å². The summed E-state index contributed by atoms with van der Waals surface area (Å²) in [5, 5.41) is 7.22. The second-order valence-corrected chi connectivity index (χ2v) is 11.3. The van der Waals surface area contributed by atoms with Crippen molar-refractivity contribution in [1.82, 2.24) is 26.8 Å². The van der Waals surface area contributed by atoms with Gasteiger partial charge < -0.3 is 51.1 Å². The second-order valence-electron chi connectivity index (χ2n) is 11.3. The monoisotopic (exact) mass is 725 g/mol. The number of urea groups is 1. The number of nitrogens with two attached hydrogens (primary N) is 2. The summed E-state index contributed by atoms with van der Waals surface area (Å²) in [6.07, 6.45) is 1.61. The number of hydrazine groups is 1. The van der Waals surface area contributed by atoms with Crippen LogP contribution in [0.15, 0.2) is 30.3 Å². The fourth-order valence-corrected chi connectivity index (χ4v) is 4.08. The summed E-state index contributed by atoms with van der Waals surface area (Å²) in [5.74, 6) is -4.25. The van der Waals surface area contributed by atoms with Crippen LogP contribution in [0.4, 0.5) is 4.79 Å². The Morgan fingerprint density at radius 3 is 2.06 bits per heavy atom. The van der Waals surface area contributed by atoms with Crippen LogP contribution in [-0.4, -0.2) is 113 Å². The summed E-state index contributed by atoms with van der Waals surface area (Å²) in [6, 6.07) is 3.79. The summed E-state index contributed by atoms with van der Waals surface area (Å²) in [4.78, 5) is 76.4. The van der Waals surface area contributed by atoms with E-state index >= 15 is 0 Å². The van der Waals surface area contributed by atoms with Crippen LogP contribution in [0, 0.1) is 0 Å². The highest BCUT2D eigenvalue weighted by Gasteiger charge is 2.32. The number of unbranched alkanes of at least 4 members (excludes halogenated alkanes) is 2. The second kappa shape index (κ2) is 27.4. The lowest BCUT2D eigenvalue weighted by Gasteiger charge is -2.25. The molecular weight excluding hydrogens is 670 g/mol. The van der Waals surface area contributed by atoms with Crippen molar-refractivity contribution < 1.29 is 52.5 Å². The Balaban J connectivity index is 2.89. The fraction of sp³-hybridized carbons (Fsp3) is 0.636. The molecule has 0 heterocycles. The molecule has 0 bridgehead atoms. The first kappa shape index (κ1) is 44.7. The third-order valence-corrected chi connectivity index (χ3v) is 6.89. The van der Waals surface area contributed by atoms with Gasteiger partial charge in [-0.15, -0.1) is 0 Å². The van der Waals surface area contributed by atoms with Crippen molar-refractivity contribution in [2.24, 2.45) is 11.5 Å². The van der Waals surface area contributed by atoms with E-state index in [1.807, 2.05) is 19.9 Å². The molecule has 0 spiro atoms. The Bertz CT molecular complexity index is 1190. The van der Waals surface area contributed by atoms with E-state index in [2.05, 4.69) is 26.8 Å². The lowest BCUT2D eigenvalue weighted by atomic mass is 10.1. The Hall–Kier alpha value is -4.36. The molecule has 51 heavy (non-hydrogen) atoms. The van der Waals surface area contributed by atoms with E-state index < -0.39 is 66.3 Å². The van der Waals surface area contributed by atoms with E-state index in [-0.39, 0.29) is 33.0 Å². The molecule has 0 radical (unpaired) electrons. The highest BCUT2D eigenvalue weighted by Crippen LogP contribution is 2.08. The van der Waals surface area contributed by atoms with Crippen LogP contribution in [0.25, 0.3) is 0 Å². The molecule has 4 atom stereocenters. The molecule has 0 aliphatic carbocycles. The standard InChI is InChI=1S/C33H55N7O11/c1-4-6-14-48-21-26(36-28(42)22-49-18-17-47-16-13-34)31(44)40-39-30(43)25(19-27(35)41)37-33(46)38-29(23(3)50-15-7-5-2)32(45)51-20-24-11-9-8-10-12-24/h8-12,23,25-26,29H,4-7,13-22,34H2,1-3H3,(H2,35,41)(H,36,42)(H,39,43)(H,40,44)(H2,37,38,46)/t23?,25-,26-,29-/m0/s1. The molecule has 18 nitrogen and oxygen atoms in total. The lowest BCUT2D eigenvalue weighted by Crippen LogP contribution is -2.60. The normalized spacial score (nSPS) is 13.2. The Morgan fingerprint density at radius 2 is 1.41 bits per heavy atom. The molecule has 1 aromatic carbocycles. The SMILES string of the molecule is CCCCOC[C@H](NC(=O)COCCOCCN)C(=O)NNC(=O)[C@H](CC(N)=O)NC(=O)N[C@H](C(=O)OCc1ccccc1)C(C)OCCCC. The van der Waals surface area contributed by atoms with Crippen LogP contribution in [0.1, 0.15) is 58.4 Å². The van der Waals surface area contributed by atoms with Gasteiger partial charge >= 0.3 is 12.0 Å². The van der Waals surface area contributed by atoms with Gasteiger partial charge in [0.05, 0.1) is 39.0 Å². The zero-order chi connectivity index (χ0) is 37.9. The van der Waals surface area contributed by atoms with Crippen LogP contribution in [0.3, 0.4) is 0 Å². The number of hydrogen-bond donors (Lipinski definition) is 7. The number of ether oxygens (including phenoxy) is 5. The van der Waals surface area contributed by atoms with Gasteiger partial charge in [0, 0.05) is 19.8 Å². The van der Waals surface area contributed by atoms with E-state index in [1.54, 1.807) is 31.2 Å². The van der Waals surface area contributed by atoms with E-state index in [9.17, 15) is 28.8 Å². The molecule has 0 aromatic heterocycles. The van der Waals surface area contributed by atoms with Crippen LogP contribution in [0.2, 0.25) is 0 Å². The van der Waals surface area contributed by atoms with Gasteiger partial charge in [0.2, 0.25) is 11.8 Å². The molecule has 0 aliphatic heterocycles. The number of carbonyl (C=O) groups excluding carboxylic acids is 6. The average molecular weight is 726 g/mol. The largest absolute Gasteiger partial charge is 0.459 e. The Labute approximate surface area is 298 Å². The quantitative estimate of drug-likeness (QED) is 0.0337. The van der Waals surface area contributed by atoms with Gasteiger partial charge in [-0.3, -0.25) is 30.0 Å². The Kier molecular flexibility index (Phi) is 24.0. The third-order valence-electron chi connectivity index (χ3n) is 6.89. The number of benzene rings is 1. The summed E-state index contributed by atoms with van der Waals surface area (Å²) >= 11 is 0. The molecule has 1 rings (SSSR count). The molecule has 18 heteroatoms. The predicted molar refractivity (Wildman–Crippen MR) is 184 cm³/mol. The number of primary amides is 1. The van der Waals surface area contributed by atoms with Crippen molar-refractivity contribution in [3.05, 3.63) is 35.9 Å². The first-order chi connectivity index (χ1) is 24.5. The highest BCUT2D eigenvalue weighted by atomic mass is 16.5. The van der Waals surface area contributed by atoms with Crippen molar-refractivity contribution in [2.75, 3.05) is 52.8 Å². The van der Waals surface area contributed by atoms with Gasteiger partial charge in [-0.05, 0) is 25.3 Å². The van der Waals surface area contributed by atoms with Gasteiger partial charge in [-0.1, -0.05) is 57.0 Å². The zero-order valence-corrected chi connectivity index (χ0v) is 29.7. The minimum absolute atomic E-state index is 0.0597. The van der Waals surface area contributed by atoms with Gasteiger partial charge in [0.15, 0.2) is 6.04 Å². The molecule has 0 aliphatic rings. The summed E-state index contributed by atoms with van der Waals surface area (Å²) in [6.45, 7) is 6.52. The third kappa shape index (κ3) is 20.8. The molecule has 0 saturated carbocycles.